The van der Waals surface area contributed by atoms with Gasteiger partial charge in [-0.15, -0.1) is 0 Å². The molecule has 106 valence electrons. The average molecular weight is 264 g/mol. The fourth-order valence-electron chi connectivity index (χ4n) is 2.06. The van der Waals surface area contributed by atoms with Gasteiger partial charge in [0, 0.05) is 12.6 Å². The first kappa shape index (κ1) is 15.3. The summed E-state index contributed by atoms with van der Waals surface area (Å²) >= 11 is 0. The van der Waals surface area contributed by atoms with Gasteiger partial charge in [-0.05, 0) is 45.4 Å². The van der Waals surface area contributed by atoms with Gasteiger partial charge >= 0.3 is 5.97 Å². The largest absolute Gasteiger partial charge is 0.462 e. The zero-order valence-electron chi connectivity index (χ0n) is 12.3. The summed E-state index contributed by atoms with van der Waals surface area (Å²) in [6, 6.07) is 5.74. The molecule has 0 spiro atoms. The molecule has 4 nitrogen and oxygen atoms in total. The molecular weight excluding hydrogens is 240 g/mol. The SMILES string of the molecule is CCCN(c1ccc(C(=O)OCC)cc1N)C(C)C. The number of carbonyl (C=O) groups is 1. The summed E-state index contributed by atoms with van der Waals surface area (Å²) in [5.41, 5.74) is 8.17. The Hall–Kier alpha value is -1.71. The molecule has 0 amide bonds. The van der Waals surface area contributed by atoms with E-state index in [0.717, 1.165) is 18.7 Å². The fraction of sp³-hybridized carbons (Fsp3) is 0.533. The van der Waals surface area contributed by atoms with Crippen LogP contribution in [0.2, 0.25) is 0 Å². The molecular formula is C15H24N2O2. The number of anilines is 2. The van der Waals surface area contributed by atoms with Crippen LogP contribution in [-0.2, 0) is 4.74 Å². The Morgan fingerprint density at radius 2 is 2.05 bits per heavy atom. The van der Waals surface area contributed by atoms with E-state index in [1.54, 1.807) is 19.1 Å². The normalized spacial score (nSPS) is 10.6. The number of nitrogen functional groups attached to an aromatic ring is 1. The topological polar surface area (TPSA) is 55.6 Å². The van der Waals surface area contributed by atoms with E-state index in [1.807, 2.05) is 6.07 Å². The summed E-state index contributed by atoms with van der Waals surface area (Å²) in [7, 11) is 0. The second kappa shape index (κ2) is 7.02. The first-order valence-electron chi connectivity index (χ1n) is 6.84. The van der Waals surface area contributed by atoms with Crippen molar-refractivity contribution in [3.63, 3.8) is 0 Å². The van der Waals surface area contributed by atoms with Crippen molar-refractivity contribution in [2.75, 3.05) is 23.8 Å². The summed E-state index contributed by atoms with van der Waals surface area (Å²) in [5, 5.41) is 0. The Balaban J connectivity index is 3.01. The van der Waals surface area contributed by atoms with Gasteiger partial charge in [-0.1, -0.05) is 6.92 Å². The molecule has 0 saturated carbocycles. The molecule has 0 unspecified atom stereocenters. The van der Waals surface area contributed by atoms with E-state index >= 15 is 0 Å². The zero-order valence-corrected chi connectivity index (χ0v) is 12.3. The van der Waals surface area contributed by atoms with Gasteiger partial charge in [0.25, 0.3) is 0 Å². The summed E-state index contributed by atoms with van der Waals surface area (Å²) in [6.07, 6.45) is 1.05. The van der Waals surface area contributed by atoms with Crippen molar-refractivity contribution in [3.8, 4) is 0 Å². The van der Waals surface area contributed by atoms with Crippen LogP contribution in [0.3, 0.4) is 0 Å². The Kier molecular flexibility index (Phi) is 5.67. The lowest BCUT2D eigenvalue weighted by atomic mass is 10.1. The number of hydrogen-bond acceptors (Lipinski definition) is 4. The van der Waals surface area contributed by atoms with Gasteiger partial charge in [-0.2, -0.15) is 0 Å². The lowest BCUT2D eigenvalue weighted by Gasteiger charge is -2.30. The third kappa shape index (κ3) is 3.88. The van der Waals surface area contributed by atoms with Gasteiger partial charge in [0.1, 0.15) is 0 Å². The van der Waals surface area contributed by atoms with E-state index in [-0.39, 0.29) is 5.97 Å². The molecule has 19 heavy (non-hydrogen) atoms. The van der Waals surface area contributed by atoms with Gasteiger partial charge in [-0.25, -0.2) is 4.79 Å². The average Bonchev–Trinajstić information content (AvgIpc) is 2.36. The van der Waals surface area contributed by atoms with Crippen molar-refractivity contribution in [1.82, 2.24) is 0 Å². The van der Waals surface area contributed by atoms with Crippen molar-refractivity contribution in [3.05, 3.63) is 23.8 Å². The Labute approximate surface area is 115 Å². The lowest BCUT2D eigenvalue weighted by molar-refractivity contribution is 0.0526. The van der Waals surface area contributed by atoms with E-state index in [9.17, 15) is 4.79 Å². The van der Waals surface area contributed by atoms with Gasteiger partial charge in [0.15, 0.2) is 0 Å². The number of ether oxygens (including phenoxy) is 1. The number of esters is 1. The highest BCUT2D eigenvalue weighted by Gasteiger charge is 2.15. The molecule has 0 heterocycles. The molecule has 1 aromatic carbocycles. The molecule has 0 saturated heterocycles. The highest BCUT2D eigenvalue weighted by Crippen LogP contribution is 2.26. The predicted molar refractivity (Wildman–Crippen MR) is 79.6 cm³/mol. The summed E-state index contributed by atoms with van der Waals surface area (Å²) in [6.45, 7) is 9.51. The molecule has 0 bridgehead atoms. The first-order valence-corrected chi connectivity index (χ1v) is 6.84. The Morgan fingerprint density at radius 1 is 1.37 bits per heavy atom. The van der Waals surface area contributed by atoms with E-state index in [0.29, 0.717) is 23.9 Å². The molecule has 1 aromatic rings. The molecule has 1 rings (SSSR count). The van der Waals surface area contributed by atoms with Crippen LogP contribution in [0.15, 0.2) is 18.2 Å². The van der Waals surface area contributed by atoms with Crippen molar-refractivity contribution in [2.45, 2.75) is 40.2 Å². The molecule has 0 radical (unpaired) electrons. The van der Waals surface area contributed by atoms with Gasteiger partial charge in [0.05, 0.1) is 23.5 Å². The fourth-order valence-corrected chi connectivity index (χ4v) is 2.06. The Morgan fingerprint density at radius 3 is 2.53 bits per heavy atom. The second-order valence-corrected chi connectivity index (χ2v) is 4.78. The maximum Gasteiger partial charge on any atom is 0.338 e. The molecule has 0 atom stereocenters. The summed E-state index contributed by atoms with van der Waals surface area (Å²) < 4.78 is 4.97. The number of nitrogens with zero attached hydrogens (tertiary/aromatic N) is 1. The number of nitrogens with two attached hydrogens (primary N) is 1. The molecule has 4 heteroatoms. The molecule has 0 aromatic heterocycles. The molecule has 0 aliphatic carbocycles. The smallest absolute Gasteiger partial charge is 0.338 e. The highest BCUT2D eigenvalue weighted by atomic mass is 16.5. The van der Waals surface area contributed by atoms with Crippen LogP contribution in [0, 0.1) is 0 Å². The van der Waals surface area contributed by atoms with Gasteiger partial charge in [-0.3, -0.25) is 0 Å². The number of rotatable bonds is 6. The zero-order chi connectivity index (χ0) is 14.4. The summed E-state index contributed by atoms with van der Waals surface area (Å²) in [4.78, 5) is 13.9. The Bertz CT molecular complexity index is 430. The van der Waals surface area contributed by atoms with Crippen LogP contribution in [0.25, 0.3) is 0 Å². The van der Waals surface area contributed by atoms with Gasteiger partial charge < -0.3 is 15.4 Å². The van der Waals surface area contributed by atoms with E-state index < -0.39 is 0 Å². The van der Waals surface area contributed by atoms with Crippen LogP contribution >= 0.6 is 0 Å². The van der Waals surface area contributed by atoms with Crippen LogP contribution in [0.5, 0.6) is 0 Å². The standard InChI is InChI=1S/C15H24N2O2/c1-5-9-17(11(3)4)14-8-7-12(10-13(14)16)15(18)19-6-2/h7-8,10-11H,5-6,9,16H2,1-4H3. The molecule has 2 N–H and O–H groups in total. The maximum atomic E-state index is 11.6. The van der Waals surface area contributed by atoms with E-state index in [2.05, 4.69) is 25.7 Å². The van der Waals surface area contributed by atoms with Crippen LogP contribution in [0.4, 0.5) is 11.4 Å². The first-order chi connectivity index (χ1) is 9.01. The van der Waals surface area contributed by atoms with E-state index in [4.69, 9.17) is 10.5 Å². The van der Waals surface area contributed by atoms with Crippen LogP contribution in [-0.4, -0.2) is 25.2 Å². The van der Waals surface area contributed by atoms with Gasteiger partial charge in [0.2, 0.25) is 0 Å². The number of benzene rings is 1. The minimum absolute atomic E-state index is 0.327. The third-order valence-corrected chi connectivity index (χ3v) is 2.94. The third-order valence-electron chi connectivity index (χ3n) is 2.94. The van der Waals surface area contributed by atoms with Crippen LogP contribution in [0.1, 0.15) is 44.5 Å². The second-order valence-electron chi connectivity index (χ2n) is 4.78. The molecule has 0 aliphatic rings. The quantitative estimate of drug-likeness (QED) is 0.633. The number of hydrogen-bond donors (Lipinski definition) is 1. The van der Waals surface area contributed by atoms with Crippen molar-refractivity contribution in [2.24, 2.45) is 0 Å². The van der Waals surface area contributed by atoms with Crippen molar-refractivity contribution >= 4 is 17.3 Å². The highest BCUT2D eigenvalue weighted by molar-refractivity contribution is 5.92. The number of carbonyl (C=O) groups excluding carboxylic acids is 1. The molecule has 0 fully saturated rings. The molecule has 0 aliphatic heterocycles. The minimum atomic E-state index is -0.327. The van der Waals surface area contributed by atoms with Crippen molar-refractivity contribution in [1.29, 1.82) is 0 Å². The minimum Gasteiger partial charge on any atom is -0.462 e. The monoisotopic (exact) mass is 264 g/mol. The maximum absolute atomic E-state index is 11.6. The summed E-state index contributed by atoms with van der Waals surface area (Å²) in [5.74, 6) is -0.327. The van der Waals surface area contributed by atoms with E-state index in [1.165, 1.54) is 0 Å². The lowest BCUT2D eigenvalue weighted by Crippen LogP contribution is -2.32. The predicted octanol–water partition coefficient (Wildman–Crippen LogP) is 3.07. The van der Waals surface area contributed by atoms with Crippen molar-refractivity contribution < 1.29 is 9.53 Å². The van der Waals surface area contributed by atoms with Crippen LogP contribution < -0.4 is 10.6 Å².